The van der Waals surface area contributed by atoms with E-state index in [9.17, 15) is 9.59 Å². The predicted octanol–water partition coefficient (Wildman–Crippen LogP) is 4.53. The van der Waals surface area contributed by atoms with Gasteiger partial charge in [-0.2, -0.15) is 0 Å². The zero-order valence-electron chi connectivity index (χ0n) is 20.0. The summed E-state index contributed by atoms with van der Waals surface area (Å²) in [6, 6.07) is 14.7. The molecule has 0 unspecified atom stereocenters. The third kappa shape index (κ3) is 5.82. The first kappa shape index (κ1) is 23.9. The number of carbonyl (C=O) groups excluding carboxylic acids is 2. The van der Waals surface area contributed by atoms with Crippen molar-refractivity contribution < 1.29 is 14.1 Å². The maximum atomic E-state index is 12.7. The summed E-state index contributed by atoms with van der Waals surface area (Å²) < 4.78 is 6.81. The van der Waals surface area contributed by atoms with Crippen LogP contribution in [0.3, 0.4) is 0 Å². The number of hydrogen-bond donors (Lipinski definition) is 3. The molecule has 0 saturated carbocycles. The van der Waals surface area contributed by atoms with Gasteiger partial charge in [-0.1, -0.05) is 44.6 Å². The first-order valence-corrected chi connectivity index (χ1v) is 11.2. The lowest BCUT2D eigenvalue weighted by molar-refractivity contribution is -0.111. The SMILES string of the molecule is C=CC(=O)Nc1cccc(-n2c(NC(=O)c3ccno3)nc3cc(CNCC(C)(C)C)ccc32)c1. The Bertz CT molecular complexity index is 1370. The number of hydrogen-bond acceptors (Lipinski definition) is 6. The number of anilines is 2. The summed E-state index contributed by atoms with van der Waals surface area (Å²) in [6.07, 6.45) is 2.61. The minimum atomic E-state index is -0.470. The van der Waals surface area contributed by atoms with Crippen molar-refractivity contribution in [2.75, 3.05) is 17.2 Å². The number of nitrogens with zero attached hydrogens (tertiary/aromatic N) is 3. The molecule has 2 amide bonds. The molecule has 9 heteroatoms. The normalized spacial score (nSPS) is 11.4. The van der Waals surface area contributed by atoms with Crippen molar-refractivity contribution in [3.63, 3.8) is 0 Å². The molecule has 0 spiro atoms. The van der Waals surface area contributed by atoms with Gasteiger partial charge in [-0.15, -0.1) is 0 Å². The molecule has 0 aliphatic rings. The highest BCUT2D eigenvalue weighted by molar-refractivity contribution is 6.02. The van der Waals surface area contributed by atoms with Crippen molar-refractivity contribution in [2.45, 2.75) is 27.3 Å². The summed E-state index contributed by atoms with van der Waals surface area (Å²) in [7, 11) is 0. The number of nitrogens with one attached hydrogen (secondary N) is 3. The fourth-order valence-corrected chi connectivity index (χ4v) is 3.57. The van der Waals surface area contributed by atoms with Crippen LogP contribution >= 0.6 is 0 Å². The lowest BCUT2D eigenvalue weighted by Gasteiger charge is -2.18. The van der Waals surface area contributed by atoms with E-state index in [1.807, 2.05) is 34.9 Å². The molecular weight excluding hydrogens is 444 g/mol. The lowest BCUT2D eigenvalue weighted by Crippen LogP contribution is -2.26. The largest absolute Gasteiger partial charge is 0.351 e. The second-order valence-electron chi connectivity index (χ2n) is 9.33. The van der Waals surface area contributed by atoms with E-state index in [0.29, 0.717) is 29.4 Å². The van der Waals surface area contributed by atoms with Crippen LogP contribution in [0.25, 0.3) is 16.7 Å². The fourth-order valence-electron chi connectivity index (χ4n) is 3.57. The molecule has 4 aromatic rings. The van der Waals surface area contributed by atoms with E-state index in [2.05, 4.69) is 48.5 Å². The molecule has 0 aliphatic heterocycles. The molecule has 2 heterocycles. The van der Waals surface area contributed by atoms with Gasteiger partial charge in [0.15, 0.2) is 0 Å². The number of aromatic nitrogens is 3. The van der Waals surface area contributed by atoms with E-state index in [1.54, 1.807) is 12.1 Å². The number of imidazole rings is 1. The van der Waals surface area contributed by atoms with Crippen molar-refractivity contribution in [1.29, 1.82) is 0 Å². The molecule has 2 aromatic carbocycles. The first-order valence-electron chi connectivity index (χ1n) is 11.2. The van der Waals surface area contributed by atoms with Crippen LogP contribution in [0.15, 0.2) is 71.9 Å². The Morgan fingerprint density at radius 1 is 1.11 bits per heavy atom. The van der Waals surface area contributed by atoms with Gasteiger partial charge in [0, 0.05) is 24.8 Å². The molecule has 0 atom stereocenters. The van der Waals surface area contributed by atoms with Crippen LogP contribution in [0.1, 0.15) is 36.9 Å². The van der Waals surface area contributed by atoms with Crippen molar-refractivity contribution in [2.24, 2.45) is 5.41 Å². The molecule has 0 bridgehead atoms. The van der Waals surface area contributed by atoms with E-state index in [1.165, 1.54) is 18.3 Å². The van der Waals surface area contributed by atoms with Crippen molar-refractivity contribution >= 4 is 34.5 Å². The monoisotopic (exact) mass is 472 g/mol. The smallest absolute Gasteiger partial charge is 0.296 e. The van der Waals surface area contributed by atoms with Gasteiger partial charge in [-0.05, 0) is 47.4 Å². The Morgan fingerprint density at radius 3 is 2.66 bits per heavy atom. The standard InChI is InChI=1S/C26H28N6O3/c1-5-23(33)29-18-7-6-8-19(14-18)32-21-10-9-17(15-27-16-26(2,3)4)13-20(21)30-25(32)31-24(34)22-11-12-28-35-22/h5-14,27H,1,15-16H2,2-4H3,(H,29,33)(H,30,31,34). The Balaban J connectivity index is 1.73. The van der Waals surface area contributed by atoms with Gasteiger partial charge in [-0.25, -0.2) is 4.98 Å². The average Bonchev–Trinajstić information content (AvgIpc) is 3.46. The number of amides is 2. The van der Waals surface area contributed by atoms with Gasteiger partial charge < -0.3 is 15.2 Å². The zero-order chi connectivity index (χ0) is 25.0. The Kier molecular flexibility index (Phi) is 6.79. The third-order valence-corrected chi connectivity index (χ3v) is 5.15. The van der Waals surface area contributed by atoms with Gasteiger partial charge in [0.05, 0.1) is 22.9 Å². The van der Waals surface area contributed by atoms with E-state index in [-0.39, 0.29) is 17.1 Å². The third-order valence-electron chi connectivity index (χ3n) is 5.15. The highest BCUT2D eigenvalue weighted by atomic mass is 16.5. The summed E-state index contributed by atoms with van der Waals surface area (Å²) in [4.78, 5) is 29.2. The van der Waals surface area contributed by atoms with E-state index in [0.717, 1.165) is 17.6 Å². The predicted molar refractivity (Wildman–Crippen MR) is 136 cm³/mol. The minimum absolute atomic E-state index is 0.0719. The van der Waals surface area contributed by atoms with Crippen LogP contribution in [-0.2, 0) is 11.3 Å². The Hall–Kier alpha value is -4.24. The van der Waals surface area contributed by atoms with E-state index >= 15 is 0 Å². The molecule has 9 nitrogen and oxygen atoms in total. The molecule has 0 fully saturated rings. The molecule has 4 rings (SSSR count). The summed E-state index contributed by atoms with van der Waals surface area (Å²) in [5, 5.41) is 12.6. The van der Waals surface area contributed by atoms with Gasteiger partial charge >= 0.3 is 0 Å². The van der Waals surface area contributed by atoms with Gasteiger partial charge in [0.2, 0.25) is 17.6 Å². The van der Waals surface area contributed by atoms with Crippen molar-refractivity contribution in [3.05, 3.63) is 78.7 Å². The molecule has 0 aliphatic carbocycles. The summed E-state index contributed by atoms with van der Waals surface area (Å²) in [6.45, 7) is 11.6. The molecule has 0 radical (unpaired) electrons. The molecule has 180 valence electrons. The second kappa shape index (κ2) is 9.94. The maximum Gasteiger partial charge on any atom is 0.296 e. The highest BCUT2D eigenvalue weighted by Crippen LogP contribution is 2.28. The summed E-state index contributed by atoms with van der Waals surface area (Å²) in [5.41, 5.74) is 4.06. The molecule has 3 N–H and O–H groups in total. The molecule has 35 heavy (non-hydrogen) atoms. The fraction of sp³-hybridized carbons (Fsp3) is 0.231. The first-order chi connectivity index (χ1) is 16.7. The molecule has 0 saturated heterocycles. The molecule has 2 aromatic heterocycles. The highest BCUT2D eigenvalue weighted by Gasteiger charge is 2.19. The minimum Gasteiger partial charge on any atom is -0.351 e. The van der Waals surface area contributed by atoms with Crippen LogP contribution in [-0.4, -0.2) is 33.1 Å². The Labute approximate surface area is 203 Å². The van der Waals surface area contributed by atoms with Crippen LogP contribution in [0.4, 0.5) is 11.6 Å². The van der Waals surface area contributed by atoms with Crippen molar-refractivity contribution in [1.82, 2.24) is 20.0 Å². The van der Waals surface area contributed by atoms with Crippen molar-refractivity contribution in [3.8, 4) is 5.69 Å². The lowest BCUT2D eigenvalue weighted by atomic mass is 9.97. The average molecular weight is 473 g/mol. The van der Waals surface area contributed by atoms with E-state index < -0.39 is 5.91 Å². The van der Waals surface area contributed by atoms with Crippen LogP contribution in [0.2, 0.25) is 0 Å². The number of fused-ring (bicyclic) bond motifs is 1. The number of benzene rings is 2. The summed E-state index contributed by atoms with van der Waals surface area (Å²) >= 11 is 0. The van der Waals surface area contributed by atoms with Gasteiger partial charge in [0.25, 0.3) is 5.91 Å². The van der Waals surface area contributed by atoms with E-state index in [4.69, 9.17) is 9.51 Å². The van der Waals surface area contributed by atoms with Crippen LogP contribution in [0, 0.1) is 5.41 Å². The topological polar surface area (TPSA) is 114 Å². The van der Waals surface area contributed by atoms with Crippen LogP contribution in [0.5, 0.6) is 0 Å². The number of rotatable bonds is 8. The van der Waals surface area contributed by atoms with Gasteiger partial charge in [-0.3, -0.25) is 19.5 Å². The van der Waals surface area contributed by atoms with Crippen LogP contribution < -0.4 is 16.0 Å². The zero-order valence-corrected chi connectivity index (χ0v) is 20.0. The number of carbonyl (C=O) groups is 2. The Morgan fingerprint density at radius 2 is 1.94 bits per heavy atom. The summed E-state index contributed by atoms with van der Waals surface area (Å²) in [5.74, 6) is -0.401. The van der Waals surface area contributed by atoms with Gasteiger partial charge in [0.1, 0.15) is 0 Å². The second-order valence-corrected chi connectivity index (χ2v) is 9.33. The quantitative estimate of drug-likeness (QED) is 0.325. The maximum absolute atomic E-state index is 12.7. The molecular formula is C26H28N6O3.